The number of piperidine rings is 1. The van der Waals surface area contributed by atoms with Gasteiger partial charge < -0.3 is 15.0 Å². The first kappa shape index (κ1) is 16.5. The van der Waals surface area contributed by atoms with Crippen molar-refractivity contribution >= 4 is 11.6 Å². The van der Waals surface area contributed by atoms with E-state index >= 15 is 0 Å². The molecule has 0 radical (unpaired) electrons. The fourth-order valence-electron chi connectivity index (χ4n) is 4.14. The Kier molecular flexibility index (Phi) is 4.04. The first-order chi connectivity index (χ1) is 12.6. The zero-order valence-electron chi connectivity index (χ0n) is 15.0. The highest BCUT2D eigenvalue weighted by Gasteiger charge is 2.36. The summed E-state index contributed by atoms with van der Waals surface area (Å²) in [6.07, 6.45) is 1.72. The fraction of sp³-hybridized carbons (Fsp3) is 0.333. The van der Waals surface area contributed by atoms with Gasteiger partial charge in [0, 0.05) is 31.1 Å². The lowest BCUT2D eigenvalue weighted by molar-refractivity contribution is -0.119. The number of anilines is 1. The summed E-state index contributed by atoms with van der Waals surface area (Å²) in [7, 11) is 0. The number of fused-ring (bicyclic) bond motifs is 5. The Morgan fingerprint density at radius 2 is 2.15 bits per heavy atom. The molecule has 0 unspecified atom stereocenters. The van der Waals surface area contributed by atoms with Crippen LogP contribution in [-0.4, -0.2) is 18.5 Å². The average molecular weight is 347 g/mol. The van der Waals surface area contributed by atoms with Crippen LogP contribution in [0.15, 0.2) is 36.4 Å². The minimum atomic E-state index is 0.0115. The molecule has 2 aromatic carbocycles. The van der Waals surface area contributed by atoms with Gasteiger partial charge in [0.05, 0.1) is 23.4 Å². The molecule has 1 saturated heterocycles. The van der Waals surface area contributed by atoms with Gasteiger partial charge in [-0.2, -0.15) is 5.26 Å². The Balaban J connectivity index is 1.83. The molecule has 4 rings (SSSR count). The Labute approximate surface area is 153 Å². The van der Waals surface area contributed by atoms with E-state index in [4.69, 9.17) is 4.74 Å². The third-order valence-electron chi connectivity index (χ3n) is 5.25. The molecular formula is C21H21N3O2. The molecule has 132 valence electrons. The first-order valence-electron chi connectivity index (χ1n) is 8.92. The Bertz CT molecular complexity index is 916. The number of nitriles is 1. The molecule has 26 heavy (non-hydrogen) atoms. The number of benzene rings is 2. The van der Waals surface area contributed by atoms with E-state index in [0.29, 0.717) is 5.56 Å². The fourth-order valence-corrected chi connectivity index (χ4v) is 4.14. The molecule has 0 aliphatic carbocycles. The number of aryl methyl sites for hydroxylation is 1. The monoisotopic (exact) mass is 347 g/mol. The second-order valence-electron chi connectivity index (χ2n) is 7.01. The van der Waals surface area contributed by atoms with Crippen LogP contribution in [0.2, 0.25) is 0 Å². The summed E-state index contributed by atoms with van der Waals surface area (Å²) in [5.74, 6) is 1.56. The molecule has 1 fully saturated rings. The number of hydrogen-bond acceptors (Lipinski definition) is 4. The minimum Gasteiger partial charge on any atom is -0.455 e. The number of nitrogens with zero attached hydrogens (tertiary/aromatic N) is 2. The maximum Gasteiger partial charge on any atom is 0.217 e. The number of ether oxygens (including phenoxy) is 1. The minimum absolute atomic E-state index is 0.0115. The van der Waals surface area contributed by atoms with Crippen LogP contribution in [0, 0.1) is 18.3 Å². The zero-order valence-corrected chi connectivity index (χ0v) is 15.0. The van der Waals surface area contributed by atoms with E-state index in [1.807, 2.05) is 30.3 Å². The van der Waals surface area contributed by atoms with Gasteiger partial charge in [0.15, 0.2) is 5.75 Å². The zero-order chi connectivity index (χ0) is 18.3. The van der Waals surface area contributed by atoms with Crippen LogP contribution in [0.4, 0.5) is 5.69 Å². The highest BCUT2D eigenvalue weighted by Crippen LogP contribution is 2.48. The Morgan fingerprint density at radius 1 is 1.31 bits per heavy atom. The predicted molar refractivity (Wildman–Crippen MR) is 99.3 cm³/mol. The number of hydrogen-bond donors (Lipinski definition) is 1. The van der Waals surface area contributed by atoms with Crippen LogP contribution in [0.25, 0.3) is 0 Å². The highest BCUT2D eigenvalue weighted by molar-refractivity contribution is 5.73. The van der Waals surface area contributed by atoms with E-state index in [2.05, 4.69) is 29.3 Å². The predicted octanol–water partition coefficient (Wildman–Crippen LogP) is 3.82. The lowest BCUT2D eigenvalue weighted by Crippen LogP contribution is -2.45. The van der Waals surface area contributed by atoms with Crippen LogP contribution in [0.3, 0.4) is 0 Å². The number of amides is 1. The molecule has 0 spiro atoms. The summed E-state index contributed by atoms with van der Waals surface area (Å²) >= 11 is 0. The third kappa shape index (κ3) is 2.78. The van der Waals surface area contributed by atoms with Crippen LogP contribution in [0.5, 0.6) is 11.5 Å². The van der Waals surface area contributed by atoms with Crippen LogP contribution < -0.4 is 15.0 Å². The van der Waals surface area contributed by atoms with Gasteiger partial charge in [0.2, 0.25) is 5.91 Å². The van der Waals surface area contributed by atoms with Gasteiger partial charge in [-0.3, -0.25) is 4.79 Å². The summed E-state index contributed by atoms with van der Waals surface area (Å²) in [6.45, 7) is 4.49. The van der Waals surface area contributed by atoms with Crippen LogP contribution >= 0.6 is 0 Å². The lowest BCUT2D eigenvalue weighted by atomic mass is 9.88. The largest absolute Gasteiger partial charge is 0.455 e. The van der Waals surface area contributed by atoms with E-state index in [1.165, 1.54) is 5.56 Å². The van der Waals surface area contributed by atoms with Crippen molar-refractivity contribution in [3.05, 3.63) is 53.1 Å². The standard InChI is InChI=1S/C21H21N3O2/c1-13-4-3-5-19-21(13)18-11-16(23-14(2)25)8-9-24(18)17-7-6-15(12-22)10-20(17)26-19/h3-7,10,16,18H,8-9,11H2,1-2H3,(H,23,25)/t16-,18-/m0/s1. The Morgan fingerprint density at radius 3 is 2.92 bits per heavy atom. The molecule has 0 saturated carbocycles. The topological polar surface area (TPSA) is 65.4 Å². The first-order valence-corrected chi connectivity index (χ1v) is 8.92. The van der Waals surface area contributed by atoms with Crippen molar-refractivity contribution < 1.29 is 9.53 Å². The lowest BCUT2D eigenvalue weighted by Gasteiger charge is -2.41. The van der Waals surface area contributed by atoms with Crippen molar-refractivity contribution in [2.45, 2.75) is 38.8 Å². The number of carbonyl (C=O) groups excluding carboxylic acids is 1. The molecule has 0 aromatic heterocycles. The second-order valence-corrected chi connectivity index (χ2v) is 7.01. The van der Waals surface area contributed by atoms with Gasteiger partial charge in [-0.25, -0.2) is 0 Å². The van der Waals surface area contributed by atoms with E-state index < -0.39 is 0 Å². The van der Waals surface area contributed by atoms with Gasteiger partial charge in [-0.1, -0.05) is 12.1 Å². The summed E-state index contributed by atoms with van der Waals surface area (Å²) in [6, 6.07) is 14.2. The van der Waals surface area contributed by atoms with Gasteiger partial charge in [-0.05, 0) is 43.5 Å². The van der Waals surface area contributed by atoms with Gasteiger partial charge in [0.1, 0.15) is 5.75 Å². The van der Waals surface area contributed by atoms with Crippen molar-refractivity contribution in [3.8, 4) is 17.6 Å². The van der Waals surface area contributed by atoms with Crippen LogP contribution in [-0.2, 0) is 4.79 Å². The number of nitrogens with one attached hydrogen (secondary N) is 1. The van der Waals surface area contributed by atoms with E-state index in [9.17, 15) is 10.1 Å². The van der Waals surface area contributed by atoms with Crippen LogP contribution in [0.1, 0.15) is 42.5 Å². The van der Waals surface area contributed by atoms with Crippen molar-refractivity contribution in [1.82, 2.24) is 5.32 Å². The molecule has 0 bridgehead atoms. The highest BCUT2D eigenvalue weighted by atomic mass is 16.5. The summed E-state index contributed by atoms with van der Waals surface area (Å²) in [4.78, 5) is 13.9. The summed E-state index contributed by atoms with van der Waals surface area (Å²) < 4.78 is 6.25. The SMILES string of the molecule is CC(=O)N[C@H]1CCN2c3ccc(C#N)cc3Oc3cccc(C)c3[C@@H]2C1. The van der Waals surface area contributed by atoms with Crippen molar-refractivity contribution in [2.24, 2.45) is 0 Å². The van der Waals surface area contributed by atoms with Crippen molar-refractivity contribution in [1.29, 1.82) is 5.26 Å². The van der Waals surface area contributed by atoms with E-state index in [0.717, 1.165) is 42.1 Å². The molecule has 2 atom stereocenters. The molecule has 2 aromatic rings. The maximum absolute atomic E-state index is 11.5. The molecule has 1 N–H and O–H groups in total. The van der Waals surface area contributed by atoms with Gasteiger partial charge in [0.25, 0.3) is 0 Å². The summed E-state index contributed by atoms with van der Waals surface area (Å²) in [5, 5.41) is 12.3. The van der Waals surface area contributed by atoms with Gasteiger partial charge >= 0.3 is 0 Å². The average Bonchev–Trinajstić information content (AvgIpc) is 2.75. The number of rotatable bonds is 1. The smallest absolute Gasteiger partial charge is 0.217 e. The maximum atomic E-state index is 11.5. The molecule has 1 amide bonds. The number of carbonyl (C=O) groups is 1. The third-order valence-corrected chi connectivity index (χ3v) is 5.25. The molecule has 5 heteroatoms. The summed E-state index contributed by atoms with van der Waals surface area (Å²) in [5.41, 5.74) is 3.93. The Hall–Kier alpha value is -3.00. The van der Waals surface area contributed by atoms with Gasteiger partial charge in [-0.15, -0.1) is 0 Å². The molecule has 2 aliphatic rings. The molecule has 2 aliphatic heterocycles. The van der Waals surface area contributed by atoms with Crippen molar-refractivity contribution in [2.75, 3.05) is 11.4 Å². The van der Waals surface area contributed by atoms with E-state index in [1.54, 1.807) is 6.92 Å². The molecule has 5 nitrogen and oxygen atoms in total. The quantitative estimate of drug-likeness (QED) is 0.852. The normalized spacial score (nSPS) is 20.6. The van der Waals surface area contributed by atoms with E-state index in [-0.39, 0.29) is 18.0 Å². The molecular weight excluding hydrogens is 326 g/mol. The van der Waals surface area contributed by atoms with Crippen molar-refractivity contribution in [3.63, 3.8) is 0 Å². The molecule has 2 heterocycles. The second kappa shape index (κ2) is 6.38.